The fraction of sp³-hybridized carbons (Fsp3) is 0.462. The summed E-state index contributed by atoms with van der Waals surface area (Å²) in [4.78, 5) is 11.7. The number of fused-ring (bicyclic) bond motifs is 1. The van der Waals surface area contributed by atoms with Gasteiger partial charge in [0.1, 0.15) is 5.75 Å². The first-order valence-corrected chi connectivity index (χ1v) is 6.11. The molecule has 0 radical (unpaired) electrons. The van der Waals surface area contributed by atoms with Crippen molar-refractivity contribution in [1.82, 2.24) is 10.6 Å². The quantitative estimate of drug-likeness (QED) is 0.754. The maximum Gasteiger partial charge on any atom is 0.315 e. The predicted octanol–water partition coefficient (Wildman–Crippen LogP) is 1.19. The first-order valence-electron chi connectivity index (χ1n) is 6.11. The van der Waals surface area contributed by atoms with Gasteiger partial charge in [-0.25, -0.2) is 4.79 Å². The van der Waals surface area contributed by atoms with Crippen molar-refractivity contribution in [2.75, 3.05) is 13.2 Å². The maximum absolute atomic E-state index is 11.7. The summed E-state index contributed by atoms with van der Waals surface area (Å²) >= 11 is 0. The van der Waals surface area contributed by atoms with Crippen molar-refractivity contribution in [3.8, 4) is 5.75 Å². The summed E-state index contributed by atoms with van der Waals surface area (Å²) < 4.78 is 5.52. The standard InChI is InChI=1S/C13H18N2O3/c1-9(16)8-14-13(17)15-11-6-7-18-12-5-3-2-4-10(11)12/h2-5,9,11,16H,6-8H2,1H3,(H2,14,15,17)/t9-,11+/m0/s1. The lowest BCUT2D eigenvalue weighted by molar-refractivity contribution is 0.185. The first-order chi connectivity index (χ1) is 8.66. The van der Waals surface area contributed by atoms with Gasteiger partial charge >= 0.3 is 6.03 Å². The summed E-state index contributed by atoms with van der Waals surface area (Å²) in [6.45, 7) is 2.47. The van der Waals surface area contributed by atoms with Crippen LogP contribution in [0.2, 0.25) is 0 Å². The van der Waals surface area contributed by atoms with E-state index >= 15 is 0 Å². The third kappa shape index (κ3) is 3.13. The largest absolute Gasteiger partial charge is 0.493 e. The average Bonchev–Trinajstić information content (AvgIpc) is 2.37. The lowest BCUT2D eigenvalue weighted by atomic mass is 10.0. The molecule has 0 aromatic heterocycles. The molecule has 1 heterocycles. The van der Waals surface area contributed by atoms with Gasteiger partial charge in [-0.1, -0.05) is 18.2 Å². The molecule has 1 aliphatic rings. The molecule has 3 N–H and O–H groups in total. The molecule has 1 aliphatic heterocycles. The Morgan fingerprint density at radius 1 is 1.56 bits per heavy atom. The van der Waals surface area contributed by atoms with Crippen LogP contribution in [0.15, 0.2) is 24.3 Å². The summed E-state index contributed by atoms with van der Waals surface area (Å²) in [5, 5.41) is 14.6. The van der Waals surface area contributed by atoms with Crippen molar-refractivity contribution >= 4 is 6.03 Å². The Labute approximate surface area is 106 Å². The van der Waals surface area contributed by atoms with Gasteiger partial charge in [0.15, 0.2) is 0 Å². The molecule has 0 bridgehead atoms. The van der Waals surface area contributed by atoms with Crippen LogP contribution in [0.25, 0.3) is 0 Å². The van der Waals surface area contributed by atoms with E-state index in [-0.39, 0.29) is 18.6 Å². The number of urea groups is 1. The second-order valence-electron chi connectivity index (χ2n) is 4.43. The monoisotopic (exact) mass is 250 g/mol. The molecule has 0 saturated carbocycles. The number of aliphatic hydroxyl groups excluding tert-OH is 1. The highest BCUT2D eigenvalue weighted by atomic mass is 16.5. The number of ether oxygens (including phenoxy) is 1. The normalized spacial score (nSPS) is 19.3. The third-order valence-electron chi connectivity index (χ3n) is 2.82. The molecule has 1 aromatic rings. The molecule has 98 valence electrons. The zero-order valence-corrected chi connectivity index (χ0v) is 10.3. The zero-order valence-electron chi connectivity index (χ0n) is 10.3. The number of hydrogen-bond acceptors (Lipinski definition) is 3. The molecule has 18 heavy (non-hydrogen) atoms. The van der Waals surface area contributed by atoms with Crippen LogP contribution in [-0.4, -0.2) is 30.4 Å². The predicted molar refractivity (Wildman–Crippen MR) is 67.5 cm³/mol. The molecule has 0 aliphatic carbocycles. The molecule has 0 saturated heterocycles. The summed E-state index contributed by atoms with van der Waals surface area (Å²) in [6, 6.07) is 7.39. The number of benzene rings is 1. The fourth-order valence-electron chi connectivity index (χ4n) is 1.94. The smallest absolute Gasteiger partial charge is 0.315 e. The molecule has 5 nitrogen and oxygen atoms in total. The summed E-state index contributed by atoms with van der Waals surface area (Å²) in [6.07, 6.45) is 0.205. The van der Waals surface area contributed by atoms with E-state index in [2.05, 4.69) is 10.6 Å². The van der Waals surface area contributed by atoms with Crippen molar-refractivity contribution in [3.63, 3.8) is 0 Å². The number of aliphatic hydroxyl groups is 1. The highest BCUT2D eigenvalue weighted by Crippen LogP contribution is 2.31. The molecule has 5 heteroatoms. The van der Waals surface area contributed by atoms with Gasteiger partial charge in [-0.05, 0) is 13.0 Å². The van der Waals surface area contributed by atoms with Crippen LogP contribution in [0, 0.1) is 0 Å². The highest BCUT2D eigenvalue weighted by Gasteiger charge is 2.22. The molecule has 0 unspecified atom stereocenters. The van der Waals surface area contributed by atoms with Crippen LogP contribution in [0.1, 0.15) is 24.9 Å². The summed E-state index contributed by atoms with van der Waals surface area (Å²) in [7, 11) is 0. The van der Waals surface area contributed by atoms with Gasteiger partial charge in [0.05, 0.1) is 18.8 Å². The lowest BCUT2D eigenvalue weighted by Gasteiger charge is -2.26. The number of hydrogen-bond donors (Lipinski definition) is 3. The molecule has 2 atom stereocenters. The summed E-state index contributed by atoms with van der Waals surface area (Å²) in [5.41, 5.74) is 0.996. The van der Waals surface area contributed by atoms with Crippen LogP contribution < -0.4 is 15.4 Å². The average molecular weight is 250 g/mol. The third-order valence-corrected chi connectivity index (χ3v) is 2.82. The second kappa shape index (κ2) is 5.73. The Hall–Kier alpha value is -1.75. The van der Waals surface area contributed by atoms with Crippen LogP contribution in [0.3, 0.4) is 0 Å². The fourth-order valence-corrected chi connectivity index (χ4v) is 1.94. The Balaban J connectivity index is 1.96. The van der Waals surface area contributed by atoms with Crippen molar-refractivity contribution in [2.45, 2.75) is 25.5 Å². The number of rotatable bonds is 3. The van der Waals surface area contributed by atoms with Crippen molar-refractivity contribution in [3.05, 3.63) is 29.8 Å². The van der Waals surface area contributed by atoms with Crippen LogP contribution in [-0.2, 0) is 0 Å². The number of carbonyl (C=O) groups is 1. The van der Waals surface area contributed by atoms with E-state index in [1.54, 1.807) is 6.92 Å². The van der Waals surface area contributed by atoms with E-state index in [4.69, 9.17) is 9.84 Å². The van der Waals surface area contributed by atoms with Gasteiger partial charge in [0, 0.05) is 18.5 Å². The van der Waals surface area contributed by atoms with Gasteiger partial charge < -0.3 is 20.5 Å². The summed E-state index contributed by atoms with van der Waals surface area (Å²) in [5.74, 6) is 0.824. The number of carbonyl (C=O) groups excluding carboxylic acids is 1. The van der Waals surface area contributed by atoms with Gasteiger partial charge in [0.2, 0.25) is 0 Å². The Bertz CT molecular complexity index is 420. The van der Waals surface area contributed by atoms with E-state index < -0.39 is 6.10 Å². The van der Waals surface area contributed by atoms with E-state index in [0.29, 0.717) is 6.61 Å². The van der Waals surface area contributed by atoms with Crippen molar-refractivity contribution in [2.24, 2.45) is 0 Å². The van der Waals surface area contributed by atoms with E-state index in [9.17, 15) is 4.79 Å². The van der Waals surface area contributed by atoms with Crippen LogP contribution in [0.4, 0.5) is 4.79 Å². The minimum Gasteiger partial charge on any atom is -0.493 e. The van der Waals surface area contributed by atoms with Gasteiger partial charge in [-0.3, -0.25) is 0 Å². The molecule has 1 aromatic carbocycles. The van der Waals surface area contributed by atoms with Crippen molar-refractivity contribution < 1.29 is 14.6 Å². The number of para-hydroxylation sites is 1. The van der Waals surface area contributed by atoms with E-state index in [1.807, 2.05) is 24.3 Å². The Morgan fingerprint density at radius 2 is 2.33 bits per heavy atom. The minimum atomic E-state index is -0.544. The lowest BCUT2D eigenvalue weighted by Crippen LogP contribution is -2.42. The zero-order chi connectivity index (χ0) is 13.0. The molecule has 2 amide bonds. The highest BCUT2D eigenvalue weighted by molar-refractivity contribution is 5.74. The van der Waals surface area contributed by atoms with Gasteiger partial charge in [-0.15, -0.1) is 0 Å². The number of nitrogens with one attached hydrogen (secondary N) is 2. The maximum atomic E-state index is 11.7. The Morgan fingerprint density at radius 3 is 3.11 bits per heavy atom. The Kier molecular flexibility index (Phi) is 4.04. The molecular weight excluding hydrogens is 232 g/mol. The van der Waals surface area contributed by atoms with Crippen LogP contribution >= 0.6 is 0 Å². The van der Waals surface area contributed by atoms with Gasteiger partial charge in [0.25, 0.3) is 0 Å². The van der Waals surface area contributed by atoms with E-state index in [1.165, 1.54) is 0 Å². The SMILES string of the molecule is C[C@H](O)CNC(=O)N[C@@H]1CCOc2ccccc21. The first kappa shape index (κ1) is 12.7. The molecule has 0 fully saturated rings. The van der Waals surface area contributed by atoms with Gasteiger partial charge in [-0.2, -0.15) is 0 Å². The molecule has 2 rings (SSSR count). The number of amides is 2. The molecular formula is C13H18N2O3. The van der Waals surface area contributed by atoms with Crippen molar-refractivity contribution in [1.29, 1.82) is 0 Å². The minimum absolute atomic E-state index is 0.0380. The van der Waals surface area contributed by atoms with E-state index in [0.717, 1.165) is 17.7 Å². The molecule has 0 spiro atoms. The second-order valence-corrected chi connectivity index (χ2v) is 4.43. The topological polar surface area (TPSA) is 70.6 Å². The van der Waals surface area contributed by atoms with Crippen LogP contribution in [0.5, 0.6) is 5.75 Å².